The second-order valence-corrected chi connectivity index (χ2v) is 4.82. The van der Waals surface area contributed by atoms with Gasteiger partial charge in [0, 0.05) is 0 Å². The Labute approximate surface area is 137 Å². The van der Waals surface area contributed by atoms with Gasteiger partial charge in [0.15, 0.2) is 0 Å². The van der Waals surface area contributed by atoms with E-state index < -0.39 is 29.8 Å². The summed E-state index contributed by atoms with van der Waals surface area (Å²) in [5, 5.41) is 0. The molecule has 0 atom stereocenters. The maximum atomic E-state index is 12.6. The van der Waals surface area contributed by atoms with Crippen LogP contribution in [0.1, 0.15) is 15.9 Å². The number of halogens is 6. The van der Waals surface area contributed by atoms with Crippen molar-refractivity contribution in [2.45, 2.75) is 12.5 Å². The minimum atomic E-state index is -4.95. The molecule has 0 aromatic heterocycles. The minimum Gasteiger partial charge on any atom is -0.465 e. The average Bonchev–Trinajstić information content (AvgIpc) is 2.52. The van der Waals surface area contributed by atoms with Gasteiger partial charge in [-0.05, 0) is 41.5 Å². The van der Waals surface area contributed by atoms with Crippen molar-refractivity contribution in [1.82, 2.24) is 0 Å². The topological polar surface area (TPSA) is 35.5 Å². The van der Waals surface area contributed by atoms with Gasteiger partial charge in [0.05, 0.1) is 18.2 Å². The van der Waals surface area contributed by atoms with Gasteiger partial charge in [0.25, 0.3) is 0 Å². The molecule has 0 saturated heterocycles. The van der Waals surface area contributed by atoms with Gasteiger partial charge in [-0.3, -0.25) is 0 Å². The van der Waals surface area contributed by atoms with Gasteiger partial charge >= 0.3 is 18.5 Å². The first kappa shape index (κ1) is 18.6. The molecule has 0 N–H and O–H groups in total. The Morgan fingerprint density at radius 1 is 0.920 bits per heavy atom. The summed E-state index contributed by atoms with van der Waals surface area (Å²) >= 11 is 0. The van der Waals surface area contributed by atoms with Gasteiger partial charge in [0.2, 0.25) is 0 Å². The Kier molecular flexibility index (Phi) is 4.96. The summed E-state index contributed by atoms with van der Waals surface area (Å²) in [7, 11) is 1.07. The normalized spacial score (nSPS) is 12.0. The van der Waals surface area contributed by atoms with Crippen LogP contribution in [0.5, 0.6) is 5.75 Å². The van der Waals surface area contributed by atoms with Crippen LogP contribution in [0.25, 0.3) is 11.1 Å². The van der Waals surface area contributed by atoms with E-state index in [1.165, 1.54) is 0 Å². The molecule has 2 aromatic carbocycles. The molecule has 0 radical (unpaired) electrons. The van der Waals surface area contributed by atoms with E-state index in [2.05, 4.69) is 9.47 Å². The van der Waals surface area contributed by atoms with Gasteiger partial charge in [0.1, 0.15) is 5.75 Å². The largest absolute Gasteiger partial charge is 0.573 e. The number of carbonyl (C=O) groups excluding carboxylic acids is 1. The van der Waals surface area contributed by atoms with Gasteiger partial charge in [-0.15, -0.1) is 13.2 Å². The molecular weight excluding hydrogens is 354 g/mol. The first-order valence-corrected chi connectivity index (χ1v) is 6.67. The van der Waals surface area contributed by atoms with E-state index >= 15 is 0 Å². The second kappa shape index (κ2) is 6.66. The fourth-order valence-electron chi connectivity index (χ4n) is 2.09. The number of alkyl halides is 6. The lowest BCUT2D eigenvalue weighted by molar-refractivity contribution is -0.274. The van der Waals surface area contributed by atoms with Crippen LogP contribution in [0, 0.1) is 0 Å². The minimum absolute atomic E-state index is 0.0534. The fraction of sp³-hybridized carbons (Fsp3) is 0.188. The van der Waals surface area contributed by atoms with Crippen LogP contribution in [-0.4, -0.2) is 19.4 Å². The lowest BCUT2D eigenvalue weighted by atomic mass is 9.98. The number of esters is 1. The summed E-state index contributed by atoms with van der Waals surface area (Å²) < 4.78 is 83.2. The molecular formula is C16H10F6O3. The van der Waals surface area contributed by atoms with Crippen molar-refractivity contribution in [2.24, 2.45) is 0 Å². The van der Waals surface area contributed by atoms with Crippen LogP contribution in [0.4, 0.5) is 26.3 Å². The van der Waals surface area contributed by atoms with Gasteiger partial charge in [-0.1, -0.05) is 12.1 Å². The lowest BCUT2D eigenvalue weighted by Gasteiger charge is -2.14. The highest BCUT2D eigenvalue weighted by molar-refractivity contribution is 5.97. The average molecular weight is 364 g/mol. The summed E-state index contributed by atoms with van der Waals surface area (Å²) in [5.41, 5.74) is -1.00. The molecule has 2 rings (SSSR count). The first-order valence-electron chi connectivity index (χ1n) is 6.67. The highest BCUT2D eigenvalue weighted by Crippen LogP contribution is 2.34. The third-order valence-corrected chi connectivity index (χ3v) is 3.15. The van der Waals surface area contributed by atoms with E-state index in [0.717, 1.165) is 49.6 Å². The first-order chi connectivity index (χ1) is 11.5. The number of hydrogen-bond donors (Lipinski definition) is 0. The molecule has 25 heavy (non-hydrogen) atoms. The third-order valence-electron chi connectivity index (χ3n) is 3.15. The Hall–Kier alpha value is -2.71. The number of hydrogen-bond acceptors (Lipinski definition) is 3. The molecule has 134 valence electrons. The van der Waals surface area contributed by atoms with Crippen molar-refractivity contribution in [2.75, 3.05) is 7.11 Å². The lowest BCUT2D eigenvalue weighted by Crippen LogP contribution is -2.17. The van der Waals surface area contributed by atoms with E-state index in [0.29, 0.717) is 0 Å². The van der Waals surface area contributed by atoms with Crippen LogP contribution in [0.2, 0.25) is 0 Å². The van der Waals surface area contributed by atoms with Gasteiger partial charge in [-0.2, -0.15) is 13.2 Å². The summed E-state index contributed by atoms with van der Waals surface area (Å²) in [6.45, 7) is 0. The van der Waals surface area contributed by atoms with Crippen LogP contribution in [0.15, 0.2) is 42.5 Å². The molecule has 0 saturated carbocycles. The number of benzene rings is 2. The molecule has 0 unspecified atom stereocenters. The Balaban J connectivity index is 2.52. The summed E-state index contributed by atoms with van der Waals surface area (Å²) in [5.74, 6) is -1.47. The van der Waals surface area contributed by atoms with Gasteiger partial charge in [-0.25, -0.2) is 4.79 Å². The maximum absolute atomic E-state index is 12.6. The Morgan fingerprint density at radius 3 is 2.00 bits per heavy atom. The Bertz CT molecular complexity index is 763. The van der Waals surface area contributed by atoms with Crippen molar-refractivity contribution >= 4 is 5.97 Å². The molecule has 0 spiro atoms. The number of carbonyl (C=O) groups is 1. The van der Waals surface area contributed by atoms with Crippen molar-refractivity contribution in [1.29, 1.82) is 0 Å². The summed E-state index contributed by atoms with van der Waals surface area (Å²) in [6, 6.07) is 6.46. The molecule has 3 nitrogen and oxygen atoms in total. The van der Waals surface area contributed by atoms with Crippen LogP contribution < -0.4 is 4.74 Å². The SMILES string of the molecule is COC(=O)c1ccc(OC(F)(F)F)cc1-c1ccc(C(F)(F)F)cc1. The van der Waals surface area contributed by atoms with Crippen molar-refractivity contribution in [3.05, 3.63) is 53.6 Å². The monoisotopic (exact) mass is 364 g/mol. The summed E-state index contributed by atoms with van der Waals surface area (Å²) in [6.07, 6.45) is -9.52. The molecule has 9 heteroatoms. The summed E-state index contributed by atoms with van der Waals surface area (Å²) in [4.78, 5) is 11.8. The molecule has 0 heterocycles. The zero-order valence-electron chi connectivity index (χ0n) is 12.5. The van der Waals surface area contributed by atoms with E-state index in [1.54, 1.807) is 0 Å². The smallest absolute Gasteiger partial charge is 0.465 e. The molecule has 0 aliphatic carbocycles. The predicted molar refractivity (Wildman–Crippen MR) is 74.9 cm³/mol. The molecule has 0 fully saturated rings. The zero-order valence-corrected chi connectivity index (χ0v) is 12.5. The van der Waals surface area contributed by atoms with Crippen molar-refractivity contribution in [3.63, 3.8) is 0 Å². The van der Waals surface area contributed by atoms with E-state index in [-0.39, 0.29) is 16.7 Å². The third kappa shape index (κ3) is 4.65. The Morgan fingerprint density at radius 2 is 1.52 bits per heavy atom. The molecule has 0 amide bonds. The van der Waals surface area contributed by atoms with Crippen molar-refractivity contribution in [3.8, 4) is 16.9 Å². The van der Waals surface area contributed by atoms with E-state index in [9.17, 15) is 31.1 Å². The molecule has 2 aromatic rings. The van der Waals surface area contributed by atoms with E-state index in [4.69, 9.17) is 0 Å². The number of methoxy groups -OCH3 is 1. The predicted octanol–water partition coefficient (Wildman–Crippen LogP) is 5.06. The second-order valence-electron chi connectivity index (χ2n) is 4.82. The van der Waals surface area contributed by atoms with Crippen LogP contribution >= 0.6 is 0 Å². The quantitative estimate of drug-likeness (QED) is 0.564. The highest BCUT2D eigenvalue weighted by Gasteiger charge is 2.32. The fourth-order valence-corrected chi connectivity index (χ4v) is 2.09. The number of rotatable bonds is 3. The zero-order chi connectivity index (χ0) is 18.8. The van der Waals surface area contributed by atoms with Crippen LogP contribution in [0.3, 0.4) is 0 Å². The number of ether oxygens (including phenoxy) is 2. The van der Waals surface area contributed by atoms with Gasteiger partial charge < -0.3 is 9.47 Å². The van der Waals surface area contributed by atoms with E-state index in [1.807, 2.05) is 0 Å². The highest BCUT2D eigenvalue weighted by atomic mass is 19.4. The maximum Gasteiger partial charge on any atom is 0.573 e. The van der Waals surface area contributed by atoms with Crippen molar-refractivity contribution < 1.29 is 40.6 Å². The van der Waals surface area contributed by atoms with Crippen LogP contribution in [-0.2, 0) is 10.9 Å². The molecule has 0 aliphatic rings. The molecule has 0 bridgehead atoms. The molecule has 0 aliphatic heterocycles. The standard InChI is InChI=1S/C16H10F6O3/c1-24-14(23)12-7-6-11(25-16(20,21)22)8-13(12)9-2-4-10(5-3-9)15(17,18)19/h2-8H,1H3.